The van der Waals surface area contributed by atoms with Crippen molar-refractivity contribution in [2.75, 3.05) is 18.5 Å². The van der Waals surface area contributed by atoms with Gasteiger partial charge in [-0.1, -0.05) is 5.16 Å². The number of hydrogen-bond donors (Lipinski definition) is 1. The number of aromatic nitrogens is 1. The van der Waals surface area contributed by atoms with Crippen molar-refractivity contribution in [2.45, 2.75) is 37.2 Å². The molecular formula is C12H18N2O5S. The van der Waals surface area contributed by atoms with Crippen LogP contribution >= 0.6 is 0 Å². The molecule has 7 nitrogen and oxygen atoms in total. The summed E-state index contributed by atoms with van der Waals surface area (Å²) in [5.74, 6) is -0.471. The number of nitrogens with one attached hydrogen (secondary N) is 1. The van der Waals surface area contributed by atoms with E-state index >= 15 is 0 Å². The quantitative estimate of drug-likeness (QED) is 0.887. The molecule has 0 bridgehead atoms. The van der Waals surface area contributed by atoms with Crippen LogP contribution in [0.2, 0.25) is 0 Å². The first-order valence-electron chi connectivity index (χ1n) is 6.46. The highest BCUT2D eigenvalue weighted by Gasteiger charge is 2.37. The summed E-state index contributed by atoms with van der Waals surface area (Å²) in [6.07, 6.45) is 1.22. The van der Waals surface area contributed by atoms with E-state index < -0.39 is 26.2 Å². The maximum Gasteiger partial charge on any atom is 0.244 e. The van der Waals surface area contributed by atoms with Gasteiger partial charge in [0, 0.05) is 12.7 Å². The van der Waals surface area contributed by atoms with Gasteiger partial charge >= 0.3 is 0 Å². The third-order valence-corrected chi connectivity index (χ3v) is 5.82. The van der Waals surface area contributed by atoms with Crippen LogP contribution in [0.25, 0.3) is 0 Å². The van der Waals surface area contributed by atoms with Crippen molar-refractivity contribution in [1.29, 1.82) is 0 Å². The van der Waals surface area contributed by atoms with E-state index in [0.29, 0.717) is 25.1 Å². The molecule has 1 aromatic heterocycles. The molecule has 1 aliphatic heterocycles. The van der Waals surface area contributed by atoms with Crippen LogP contribution in [0.4, 0.5) is 5.88 Å². The van der Waals surface area contributed by atoms with E-state index in [4.69, 9.17) is 9.26 Å². The molecule has 1 N–H and O–H groups in total. The Bertz CT molecular complexity index is 574. The van der Waals surface area contributed by atoms with E-state index in [1.54, 1.807) is 6.92 Å². The summed E-state index contributed by atoms with van der Waals surface area (Å²) >= 11 is 0. The van der Waals surface area contributed by atoms with E-state index in [1.165, 1.54) is 13.0 Å². The fraction of sp³-hybridized carbons (Fsp3) is 0.667. The number of anilines is 1. The van der Waals surface area contributed by atoms with Crippen molar-refractivity contribution in [1.82, 2.24) is 5.16 Å². The second-order valence-electron chi connectivity index (χ2n) is 4.89. The normalized spacial score (nSPS) is 21.4. The average Bonchev–Trinajstić information content (AvgIpc) is 2.84. The summed E-state index contributed by atoms with van der Waals surface area (Å²) < 4.78 is 34.7. The topological polar surface area (TPSA) is 98.5 Å². The van der Waals surface area contributed by atoms with Crippen LogP contribution in [0.5, 0.6) is 0 Å². The Hall–Kier alpha value is -1.41. The van der Waals surface area contributed by atoms with Gasteiger partial charge < -0.3 is 9.26 Å². The lowest BCUT2D eigenvalue weighted by molar-refractivity contribution is -0.115. The molecule has 1 amide bonds. The largest absolute Gasteiger partial charge is 0.380 e. The molecule has 20 heavy (non-hydrogen) atoms. The van der Waals surface area contributed by atoms with Gasteiger partial charge in [-0.2, -0.15) is 0 Å². The lowest BCUT2D eigenvalue weighted by Crippen LogP contribution is -2.42. The zero-order valence-electron chi connectivity index (χ0n) is 11.5. The van der Waals surface area contributed by atoms with Crippen molar-refractivity contribution in [3.05, 3.63) is 11.8 Å². The number of amides is 1. The molecule has 0 spiro atoms. The molecule has 0 radical (unpaired) electrons. The molecule has 1 aromatic rings. The average molecular weight is 302 g/mol. The minimum Gasteiger partial charge on any atom is -0.380 e. The first kappa shape index (κ1) is 15.0. The van der Waals surface area contributed by atoms with Gasteiger partial charge in [0.05, 0.1) is 17.6 Å². The van der Waals surface area contributed by atoms with Gasteiger partial charge in [-0.15, -0.1) is 0 Å². The zero-order valence-corrected chi connectivity index (χ0v) is 12.3. The maximum atomic E-state index is 12.3. The van der Waals surface area contributed by atoms with E-state index in [2.05, 4.69) is 10.5 Å². The van der Waals surface area contributed by atoms with Crippen molar-refractivity contribution >= 4 is 21.6 Å². The molecule has 0 aliphatic carbocycles. The van der Waals surface area contributed by atoms with Crippen LogP contribution in [0.15, 0.2) is 10.6 Å². The minimum absolute atomic E-state index is 0.148. The Kier molecular flexibility index (Phi) is 4.44. The lowest BCUT2D eigenvalue weighted by Gasteiger charge is -2.24. The van der Waals surface area contributed by atoms with E-state index in [9.17, 15) is 13.2 Å². The van der Waals surface area contributed by atoms with Gasteiger partial charge in [0.1, 0.15) is 5.25 Å². The second kappa shape index (κ2) is 5.92. The number of ether oxygens (including phenoxy) is 1. The monoisotopic (exact) mass is 302 g/mol. The summed E-state index contributed by atoms with van der Waals surface area (Å²) in [4.78, 5) is 12.0. The predicted octanol–water partition coefficient (Wildman–Crippen LogP) is 0.904. The zero-order chi connectivity index (χ0) is 14.8. The SMILES string of the molecule is Cc1cc(NC(=O)C(C)S(=O)(=O)C2CCCOC2)on1. The summed E-state index contributed by atoms with van der Waals surface area (Å²) in [5.41, 5.74) is 0.608. The van der Waals surface area contributed by atoms with Crippen molar-refractivity contribution in [3.8, 4) is 0 Å². The number of sulfone groups is 1. The number of carbonyl (C=O) groups is 1. The van der Waals surface area contributed by atoms with Crippen LogP contribution in [-0.2, 0) is 19.4 Å². The minimum atomic E-state index is -3.57. The van der Waals surface area contributed by atoms with E-state index in [-0.39, 0.29) is 12.5 Å². The Morgan fingerprint density at radius 3 is 2.85 bits per heavy atom. The summed E-state index contributed by atoms with van der Waals surface area (Å²) in [6.45, 7) is 3.81. The lowest BCUT2D eigenvalue weighted by atomic mass is 10.2. The molecule has 2 rings (SSSR count). The maximum absolute atomic E-state index is 12.3. The molecule has 2 unspecified atom stereocenters. The highest BCUT2D eigenvalue weighted by Crippen LogP contribution is 2.20. The fourth-order valence-electron chi connectivity index (χ4n) is 2.05. The third-order valence-electron chi connectivity index (χ3n) is 3.32. The Morgan fingerprint density at radius 2 is 2.30 bits per heavy atom. The fourth-order valence-corrected chi connectivity index (χ4v) is 3.77. The highest BCUT2D eigenvalue weighted by molar-refractivity contribution is 7.93. The number of hydrogen-bond acceptors (Lipinski definition) is 6. The van der Waals surface area contributed by atoms with Crippen molar-refractivity contribution < 1.29 is 22.5 Å². The molecule has 1 aliphatic rings. The first-order chi connectivity index (χ1) is 9.41. The summed E-state index contributed by atoms with van der Waals surface area (Å²) in [6, 6.07) is 1.53. The second-order valence-corrected chi connectivity index (χ2v) is 7.44. The molecule has 2 heterocycles. The predicted molar refractivity (Wildman–Crippen MR) is 72.1 cm³/mol. The van der Waals surface area contributed by atoms with E-state index in [1.807, 2.05) is 0 Å². The molecule has 0 aromatic carbocycles. The Morgan fingerprint density at radius 1 is 1.55 bits per heavy atom. The number of nitrogens with zero attached hydrogens (tertiary/aromatic N) is 1. The van der Waals surface area contributed by atoms with E-state index in [0.717, 1.165) is 0 Å². The highest BCUT2D eigenvalue weighted by atomic mass is 32.2. The van der Waals surface area contributed by atoms with Crippen LogP contribution < -0.4 is 5.32 Å². The van der Waals surface area contributed by atoms with Crippen LogP contribution in [0.1, 0.15) is 25.5 Å². The molecule has 1 fully saturated rings. The van der Waals surface area contributed by atoms with Gasteiger partial charge in [0.15, 0.2) is 9.84 Å². The standard InChI is InChI=1S/C12H18N2O5S/c1-8-6-11(19-14-8)13-12(15)9(2)20(16,17)10-4-3-5-18-7-10/h6,9-10H,3-5,7H2,1-2H3,(H,13,15). The van der Waals surface area contributed by atoms with Crippen LogP contribution in [0, 0.1) is 6.92 Å². The van der Waals surface area contributed by atoms with Crippen molar-refractivity contribution in [2.24, 2.45) is 0 Å². The molecule has 2 atom stereocenters. The van der Waals surface area contributed by atoms with Gasteiger partial charge in [-0.25, -0.2) is 8.42 Å². The molecule has 112 valence electrons. The van der Waals surface area contributed by atoms with Gasteiger partial charge in [-0.05, 0) is 26.7 Å². The Balaban J connectivity index is 2.05. The first-order valence-corrected chi connectivity index (χ1v) is 8.07. The van der Waals surface area contributed by atoms with Gasteiger partial charge in [0.25, 0.3) is 0 Å². The summed E-state index contributed by atoms with van der Waals surface area (Å²) in [5, 5.41) is 4.27. The Labute approximate surface area is 117 Å². The molecule has 0 saturated carbocycles. The number of rotatable bonds is 4. The van der Waals surface area contributed by atoms with Crippen molar-refractivity contribution in [3.63, 3.8) is 0 Å². The van der Waals surface area contributed by atoms with Gasteiger partial charge in [-0.3, -0.25) is 10.1 Å². The molecular weight excluding hydrogens is 284 g/mol. The van der Waals surface area contributed by atoms with Gasteiger partial charge in [0.2, 0.25) is 11.8 Å². The third kappa shape index (κ3) is 3.18. The van der Waals surface area contributed by atoms with Crippen LogP contribution in [-0.4, -0.2) is 43.2 Å². The summed E-state index contributed by atoms with van der Waals surface area (Å²) in [7, 11) is -3.57. The molecule has 8 heteroatoms. The number of carbonyl (C=O) groups excluding carboxylic acids is 1. The molecule has 1 saturated heterocycles. The van der Waals surface area contributed by atoms with Crippen LogP contribution in [0.3, 0.4) is 0 Å². The smallest absolute Gasteiger partial charge is 0.244 e. The number of aryl methyl sites for hydroxylation is 1.